The fourth-order valence-electron chi connectivity index (χ4n) is 4.26. The topological polar surface area (TPSA) is 64.4 Å². The van der Waals surface area contributed by atoms with Gasteiger partial charge in [-0.15, -0.1) is 0 Å². The van der Waals surface area contributed by atoms with Crippen LogP contribution in [-0.2, 0) is 0 Å². The summed E-state index contributed by atoms with van der Waals surface area (Å²) in [4.78, 5) is 34.0. The van der Waals surface area contributed by atoms with E-state index < -0.39 is 6.04 Å². The molecule has 4 aromatic rings. The van der Waals surface area contributed by atoms with Crippen LogP contribution in [0.1, 0.15) is 48.1 Å². The predicted molar refractivity (Wildman–Crippen MR) is 135 cm³/mol. The van der Waals surface area contributed by atoms with Crippen molar-refractivity contribution in [1.29, 1.82) is 0 Å². The van der Waals surface area contributed by atoms with Crippen molar-refractivity contribution in [3.8, 4) is 11.4 Å². The molecule has 3 aromatic carbocycles. The van der Waals surface area contributed by atoms with Crippen LogP contribution in [0.15, 0.2) is 77.6 Å². The van der Waals surface area contributed by atoms with Gasteiger partial charge in [0.1, 0.15) is 11.6 Å². The average Bonchev–Trinajstić information content (AvgIpc) is 2.87. The van der Waals surface area contributed by atoms with Gasteiger partial charge in [0, 0.05) is 12.1 Å². The molecule has 0 saturated heterocycles. The second kappa shape index (κ2) is 9.91. The first-order valence-electron chi connectivity index (χ1n) is 11.5. The lowest BCUT2D eigenvalue weighted by molar-refractivity contribution is 0.0672. The number of methoxy groups -OCH3 is 1. The molecule has 0 saturated carbocycles. The third kappa shape index (κ3) is 4.31. The van der Waals surface area contributed by atoms with Gasteiger partial charge in [-0.05, 0) is 68.8 Å². The molecule has 0 bridgehead atoms. The minimum Gasteiger partial charge on any atom is -0.497 e. The molecule has 0 N–H and O–H groups in total. The third-order valence-corrected chi connectivity index (χ3v) is 6.09. The maximum Gasteiger partial charge on any atom is 0.266 e. The molecule has 6 heteroatoms. The summed E-state index contributed by atoms with van der Waals surface area (Å²) < 4.78 is 6.88. The van der Waals surface area contributed by atoms with Gasteiger partial charge in [-0.25, -0.2) is 4.98 Å². The van der Waals surface area contributed by atoms with Crippen LogP contribution in [0, 0.1) is 6.92 Å². The number of rotatable bonds is 7. The molecule has 0 aliphatic carbocycles. The van der Waals surface area contributed by atoms with Gasteiger partial charge in [-0.2, -0.15) is 0 Å². The second-order valence-electron chi connectivity index (χ2n) is 8.21. The number of hydrogen-bond donors (Lipinski definition) is 0. The Morgan fingerprint density at radius 3 is 2.29 bits per heavy atom. The molecular formula is C28H29N3O3. The molecule has 34 heavy (non-hydrogen) atoms. The lowest BCUT2D eigenvalue weighted by atomic mass is 10.1. The van der Waals surface area contributed by atoms with Gasteiger partial charge in [0.2, 0.25) is 0 Å². The van der Waals surface area contributed by atoms with Crippen molar-refractivity contribution < 1.29 is 9.53 Å². The standard InChI is InChI=1S/C28H29N3O3/c1-5-25(30(6-2)27(32)20-13-17-22(34-4)18-14-20)26-29-24-10-8-7-9-23(24)28(33)31(26)21-15-11-19(3)12-16-21/h7-18,25H,5-6H2,1-4H3. The number of carbonyl (C=O) groups excluding carboxylic acids is 1. The van der Waals surface area contributed by atoms with Crippen LogP contribution < -0.4 is 10.3 Å². The zero-order valence-corrected chi connectivity index (χ0v) is 20.0. The van der Waals surface area contributed by atoms with Crippen molar-refractivity contribution >= 4 is 16.8 Å². The zero-order chi connectivity index (χ0) is 24.2. The summed E-state index contributed by atoms with van der Waals surface area (Å²) in [6, 6.07) is 21.8. The Balaban J connectivity index is 1.89. The summed E-state index contributed by atoms with van der Waals surface area (Å²) in [5.41, 5.74) is 2.87. The van der Waals surface area contributed by atoms with Crippen LogP contribution in [0.3, 0.4) is 0 Å². The molecule has 1 atom stereocenters. The van der Waals surface area contributed by atoms with Crippen LogP contribution in [0.25, 0.3) is 16.6 Å². The number of benzene rings is 3. The lowest BCUT2D eigenvalue weighted by Crippen LogP contribution is -2.38. The molecule has 6 nitrogen and oxygen atoms in total. The van der Waals surface area contributed by atoms with Crippen LogP contribution in [0.5, 0.6) is 5.75 Å². The van der Waals surface area contributed by atoms with Gasteiger partial charge >= 0.3 is 0 Å². The van der Waals surface area contributed by atoms with Crippen LogP contribution in [0.4, 0.5) is 0 Å². The summed E-state index contributed by atoms with van der Waals surface area (Å²) in [7, 11) is 1.60. The van der Waals surface area contributed by atoms with Crippen molar-refractivity contribution in [2.45, 2.75) is 33.2 Å². The largest absolute Gasteiger partial charge is 0.497 e. The van der Waals surface area contributed by atoms with Crippen LogP contribution in [0.2, 0.25) is 0 Å². The summed E-state index contributed by atoms with van der Waals surface area (Å²) in [6.45, 7) is 6.43. The van der Waals surface area contributed by atoms with Crippen LogP contribution >= 0.6 is 0 Å². The van der Waals surface area contributed by atoms with E-state index in [1.165, 1.54) is 0 Å². The predicted octanol–water partition coefficient (Wildman–Crippen LogP) is 5.32. The molecule has 1 heterocycles. The Labute approximate surface area is 199 Å². The number of carbonyl (C=O) groups is 1. The van der Waals surface area contributed by atoms with E-state index in [4.69, 9.17) is 9.72 Å². The summed E-state index contributed by atoms with van der Waals surface area (Å²) in [5.74, 6) is 1.13. The van der Waals surface area contributed by atoms with Crippen molar-refractivity contribution in [2.75, 3.05) is 13.7 Å². The highest BCUT2D eigenvalue weighted by Gasteiger charge is 2.28. The van der Waals surface area contributed by atoms with E-state index in [0.717, 1.165) is 11.3 Å². The van der Waals surface area contributed by atoms with E-state index in [1.54, 1.807) is 46.9 Å². The number of aryl methyl sites for hydroxylation is 1. The average molecular weight is 456 g/mol. The number of ether oxygens (including phenoxy) is 1. The van der Waals surface area contributed by atoms with Crippen molar-refractivity contribution in [3.63, 3.8) is 0 Å². The number of nitrogens with zero attached hydrogens (tertiary/aromatic N) is 3. The van der Waals surface area contributed by atoms with E-state index in [0.29, 0.717) is 41.0 Å². The molecule has 0 radical (unpaired) electrons. The van der Waals surface area contributed by atoms with E-state index in [1.807, 2.05) is 63.2 Å². The second-order valence-corrected chi connectivity index (χ2v) is 8.21. The highest BCUT2D eigenvalue weighted by Crippen LogP contribution is 2.28. The Kier molecular flexibility index (Phi) is 6.77. The number of hydrogen-bond acceptors (Lipinski definition) is 4. The molecule has 0 spiro atoms. The van der Waals surface area contributed by atoms with E-state index in [2.05, 4.69) is 0 Å². The molecule has 1 aromatic heterocycles. The fraction of sp³-hybridized carbons (Fsp3) is 0.250. The zero-order valence-electron chi connectivity index (χ0n) is 20.0. The normalized spacial score (nSPS) is 11.9. The smallest absolute Gasteiger partial charge is 0.266 e. The van der Waals surface area contributed by atoms with Gasteiger partial charge in [-0.3, -0.25) is 14.2 Å². The minimum atomic E-state index is -0.391. The monoisotopic (exact) mass is 455 g/mol. The van der Waals surface area contributed by atoms with Gasteiger partial charge in [-0.1, -0.05) is 36.8 Å². The summed E-state index contributed by atoms with van der Waals surface area (Å²) in [5, 5.41) is 0.547. The lowest BCUT2D eigenvalue weighted by Gasteiger charge is -2.31. The summed E-state index contributed by atoms with van der Waals surface area (Å²) >= 11 is 0. The SMILES string of the molecule is CCC(c1nc2ccccc2c(=O)n1-c1ccc(C)cc1)N(CC)C(=O)c1ccc(OC)cc1. The molecule has 0 aliphatic heterocycles. The molecular weight excluding hydrogens is 426 g/mol. The van der Waals surface area contributed by atoms with E-state index in [-0.39, 0.29) is 11.5 Å². The minimum absolute atomic E-state index is 0.116. The Morgan fingerprint density at radius 2 is 1.68 bits per heavy atom. The third-order valence-electron chi connectivity index (χ3n) is 6.09. The van der Waals surface area contributed by atoms with Crippen LogP contribution in [-0.4, -0.2) is 34.0 Å². The molecule has 0 aliphatic rings. The first-order chi connectivity index (χ1) is 16.5. The number of aromatic nitrogens is 2. The maximum atomic E-state index is 13.7. The summed E-state index contributed by atoms with van der Waals surface area (Å²) in [6.07, 6.45) is 0.604. The first-order valence-corrected chi connectivity index (χ1v) is 11.5. The molecule has 1 amide bonds. The molecule has 1 unspecified atom stereocenters. The van der Waals surface area contributed by atoms with E-state index >= 15 is 0 Å². The first kappa shape index (κ1) is 23.2. The Bertz CT molecular complexity index is 1360. The maximum absolute atomic E-state index is 13.7. The van der Waals surface area contributed by atoms with Gasteiger partial charge in [0.15, 0.2) is 0 Å². The number of fused-ring (bicyclic) bond motifs is 1. The highest BCUT2D eigenvalue weighted by atomic mass is 16.5. The molecule has 0 fully saturated rings. The fourth-order valence-corrected chi connectivity index (χ4v) is 4.26. The quantitative estimate of drug-likeness (QED) is 0.379. The Morgan fingerprint density at radius 1 is 1.00 bits per heavy atom. The van der Waals surface area contributed by atoms with Gasteiger partial charge in [0.25, 0.3) is 11.5 Å². The number of para-hydroxylation sites is 1. The highest BCUT2D eigenvalue weighted by molar-refractivity contribution is 5.94. The Hall–Kier alpha value is -3.93. The number of amides is 1. The van der Waals surface area contributed by atoms with Crippen molar-refractivity contribution in [1.82, 2.24) is 14.5 Å². The van der Waals surface area contributed by atoms with Crippen molar-refractivity contribution in [2.24, 2.45) is 0 Å². The van der Waals surface area contributed by atoms with Gasteiger partial charge in [0.05, 0.1) is 29.7 Å². The molecule has 174 valence electrons. The van der Waals surface area contributed by atoms with E-state index in [9.17, 15) is 9.59 Å². The van der Waals surface area contributed by atoms with Gasteiger partial charge < -0.3 is 9.64 Å². The van der Waals surface area contributed by atoms with Crippen molar-refractivity contribution in [3.05, 3.63) is 100 Å². The molecule has 4 rings (SSSR count).